The fraction of sp³-hybridized carbons (Fsp3) is 0.587. The Bertz CT molecular complexity index is 2240. The van der Waals surface area contributed by atoms with Crippen LogP contribution in [0.25, 0.3) is 10.9 Å². The number of hydrogen-bond acceptors (Lipinski definition) is 12. The zero-order valence-electron chi connectivity index (χ0n) is 35.2. The van der Waals surface area contributed by atoms with Gasteiger partial charge in [0.15, 0.2) is 6.10 Å². The number of anilines is 1. The molecule has 2 bridgehead atoms. The summed E-state index contributed by atoms with van der Waals surface area (Å²) < 4.78 is 23.9. The van der Waals surface area contributed by atoms with E-state index in [1.165, 1.54) is 21.1 Å². The molecule has 2 saturated heterocycles. The third kappa shape index (κ3) is 5.13. The molecule has 1 spiro atoms. The first-order valence-electron chi connectivity index (χ1n) is 21.3. The fourth-order valence-corrected chi connectivity index (χ4v) is 13.5. The highest BCUT2D eigenvalue weighted by atomic mass is 16.6. The molecule has 3 fully saturated rings. The molecule has 2 aromatic carbocycles. The maximum Gasteiger partial charge on any atom is 0.344 e. The number of aliphatic hydroxyl groups is 2. The summed E-state index contributed by atoms with van der Waals surface area (Å²) in [6.45, 7) is 8.89. The van der Waals surface area contributed by atoms with Crippen molar-refractivity contribution in [3.05, 3.63) is 70.9 Å². The fourth-order valence-electron chi connectivity index (χ4n) is 13.5. The molecule has 5 aliphatic heterocycles. The van der Waals surface area contributed by atoms with Gasteiger partial charge >= 0.3 is 17.9 Å². The van der Waals surface area contributed by atoms with Crippen molar-refractivity contribution in [3.8, 4) is 5.75 Å². The minimum absolute atomic E-state index is 0.0295. The summed E-state index contributed by atoms with van der Waals surface area (Å²) in [7, 11) is 6.13. The van der Waals surface area contributed by atoms with Crippen molar-refractivity contribution in [2.45, 2.75) is 93.6 Å². The van der Waals surface area contributed by atoms with Crippen molar-refractivity contribution in [1.29, 1.82) is 0 Å². The highest BCUT2D eigenvalue weighted by molar-refractivity contribution is 5.95. The highest BCUT2D eigenvalue weighted by Crippen LogP contribution is 2.68. The zero-order valence-corrected chi connectivity index (χ0v) is 35.2. The predicted octanol–water partition coefficient (Wildman–Crippen LogP) is 3.85. The van der Waals surface area contributed by atoms with Crippen LogP contribution in [0.3, 0.4) is 0 Å². The van der Waals surface area contributed by atoms with Crippen molar-refractivity contribution in [2.24, 2.45) is 17.3 Å². The minimum Gasteiger partial charge on any atom is -0.496 e. The molecule has 1 aromatic heterocycles. The van der Waals surface area contributed by atoms with Crippen molar-refractivity contribution in [3.63, 3.8) is 0 Å². The van der Waals surface area contributed by atoms with E-state index < -0.39 is 58.0 Å². The zero-order chi connectivity index (χ0) is 41.8. The first-order chi connectivity index (χ1) is 28.3. The number of para-hydroxylation sites is 1. The number of ether oxygens (including phenoxy) is 4. The molecule has 3 N–H and O–H groups in total. The smallest absolute Gasteiger partial charge is 0.344 e. The first-order valence-corrected chi connectivity index (χ1v) is 21.3. The topological polar surface area (TPSA) is 154 Å². The van der Waals surface area contributed by atoms with E-state index in [0.29, 0.717) is 50.2 Å². The molecule has 6 heterocycles. The van der Waals surface area contributed by atoms with Crippen molar-refractivity contribution >= 4 is 34.5 Å². The molecule has 11 atom stereocenters. The molecule has 59 heavy (non-hydrogen) atoms. The Morgan fingerprint density at radius 2 is 1.75 bits per heavy atom. The summed E-state index contributed by atoms with van der Waals surface area (Å²) >= 11 is 0. The van der Waals surface area contributed by atoms with Crippen LogP contribution in [0.15, 0.2) is 48.6 Å². The maximum absolute atomic E-state index is 15.3. The SMILES string of the molecule is CC[C@@H]1CN2CCc3c([nH]c4ccccc34)[C@@](C(=O)OC)(c3cc4c(cc3OC)N(C)[C@H]3[C@@](O)(C(=O)OC)[C@H](OC(C)=O)[C@]5(CC)C=CCN6CC[C@]43[C@@H]65)C[C@@H](C2)[C@@H]1O. The van der Waals surface area contributed by atoms with Gasteiger partial charge in [0.1, 0.15) is 11.2 Å². The van der Waals surface area contributed by atoms with E-state index in [0.717, 1.165) is 52.9 Å². The van der Waals surface area contributed by atoms with Crippen LogP contribution in [0, 0.1) is 17.3 Å². The number of rotatable bonds is 7. The van der Waals surface area contributed by atoms with Crippen LogP contribution in [0.2, 0.25) is 0 Å². The Labute approximate surface area is 345 Å². The summed E-state index contributed by atoms with van der Waals surface area (Å²) in [5.74, 6) is -1.78. The number of aromatic amines is 1. The van der Waals surface area contributed by atoms with Gasteiger partial charge in [0.25, 0.3) is 0 Å². The predicted molar refractivity (Wildman–Crippen MR) is 220 cm³/mol. The van der Waals surface area contributed by atoms with E-state index in [1.54, 1.807) is 7.11 Å². The molecule has 1 saturated carbocycles. The Kier molecular flexibility index (Phi) is 9.54. The summed E-state index contributed by atoms with van der Waals surface area (Å²) in [6, 6.07) is 10.9. The summed E-state index contributed by atoms with van der Waals surface area (Å²) in [5.41, 5.74) is -0.857. The minimum atomic E-state index is -2.31. The largest absolute Gasteiger partial charge is 0.496 e. The molecular weight excluding hydrogens is 753 g/mol. The van der Waals surface area contributed by atoms with Crippen LogP contribution in [0.1, 0.15) is 68.8 Å². The van der Waals surface area contributed by atoms with E-state index in [9.17, 15) is 19.8 Å². The van der Waals surface area contributed by atoms with Gasteiger partial charge in [0, 0.05) is 90.9 Å². The molecule has 6 aliphatic rings. The third-order valence-electron chi connectivity index (χ3n) is 15.7. The third-order valence-corrected chi connectivity index (χ3v) is 15.7. The number of aliphatic hydroxyl groups excluding tert-OH is 1. The van der Waals surface area contributed by atoms with Gasteiger partial charge in [-0.3, -0.25) is 14.5 Å². The number of carbonyl (C=O) groups excluding carboxylic acids is 3. The standard InChI is InChI=1S/C46H58N4O9/c1-8-27-24-49-19-15-30-29-13-10-11-14-33(29)47-37(30)45(41(53)57-6,23-28(25-49)36(27)52)32-21-31-34(22-35(32)56-5)48(4)39-44(31)17-20-50-18-12-16-43(9-2,38(44)50)40(59-26(3)51)46(39,55)42(54)58-7/h10-14,16,21-22,27-28,36,38-40,47,52,55H,8-9,15,17-20,23-25H2,1-7H3/t27-,28+,36-,38+,39-,40-,43-,44-,45+,46+/m1/s1. The molecule has 9 rings (SSSR count). The van der Waals surface area contributed by atoms with Crippen LogP contribution in [0.5, 0.6) is 5.75 Å². The average Bonchev–Trinajstić information content (AvgIpc) is 3.91. The number of nitrogens with zero attached hydrogens (tertiary/aromatic N) is 3. The molecule has 1 aliphatic carbocycles. The van der Waals surface area contributed by atoms with Gasteiger partial charge in [-0.25, -0.2) is 4.79 Å². The van der Waals surface area contributed by atoms with Crippen molar-refractivity contribution in [1.82, 2.24) is 14.8 Å². The van der Waals surface area contributed by atoms with Gasteiger partial charge in [-0.2, -0.15) is 0 Å². The summed E-state index contributed by atoms with van der Waals surface area (Å²) in [6.07, 6.45) is 4.91. The van der Waals surface area contributed by atoms with Crippen LogP contribution in [-0.2, 0) is 45.8 Å². The number of aromatic nitrogens is 1. The second-order valence-corrected chi connectivity index (χ2v) is 18.0. The Balaban J connectivity index is 1.37. The molecule has 316 valence electrons. The van der Waals surface area contributed by atoms with Crippen LogP contribution in [-0.4, -0.2) is 134 Å². The highest BCUT2D eigenvalue weighted by Gasteiger charge is 2.80. The lowest BCUT2D eigenvalue weighted by Crippen LogP contribution is -2.81. The Morgan fingerprint density at radius 3 is 2.44 bits per heavy atom. The van der Waals surface area contributed by atoms with Crippen molar-refractivity contribution < 1.29 is 43.5 Å². The summed E-state index contributed by atoms with van der Waals surface area (Å²) in [5, 5.41) is 26.5. The number of nitrogens with one attached hydrogen (secondary N) is 1. The van der Waals surface area contributed by atoms with Gasteiger partial charge in [-0.1, -0.05) is 44.2 Å². The van der Waals surface area contributed by atoms with Crippen LogP contribution in [0.4, 0.5) is 5.69 Å². The number of H-pyrrole nitrogens is 1. The molecule has 0 amide bonds. The average molecular weight is 811 g/mol. The van der Waals surface area contributed by atoms with E-state index in [-0.39, 0.29) is 24.3 Å². The number of likely N-dealkylation sites (N-methyl/N-ethyl adjacent to an activating group) is 1. The number of methoxy groups -OCH3 is 3. The van der Waals surface area contributed by atoms with Gasteiger partial charge in [-0.05, 0) is 73.7 Å². The molecule has 0 radical (unpaired) electrons. The van der Waals surface area contributed by atoms with Gasteiger partial charge < -0.3 is 43.9 Å². The van der Waals surface area contributed by atoms with E-state index in [1.807, 2.05) is 49.2 Å². The molecule has 1 unspecified atom stereocenters. The quantitative estimate of drug-likeness (QED) is 0.181. The Morgan fingerprint density at radius 1 is 0.983 bits per heavy atom. The second-order valence-electron chi connectivity index (χ2n) is 18.0. The number of carbonyl (C=O) groups is 3. The Hall–Kier alpha value is -4.43. The molecule has 13 heteroatoms. The molecular formula is C46H58N4O9. The molecule has 3 aromatic rings. The van der Waals surface area contributed by atoms with E-state index >= 15 is 4.79 Å². The molecule has 13 nitrogen and oxygen atoms in total. The van der Waals surface area contributed by atoms with Crippen LogP contribution >= 0.6 is 0 Å². The normalized spacial score (nSPS) is 37.0. The number of hydrogen-bond donors (Lipinski definition) is 3. The second kappa shape index (κ2) is 14.1. The lowest BCUT2D eigenvalue weighted by molar-refractivity contribution is -0.228. The number of piperidine rings is 1. The van der Waals surface area contributed by atoms with Gasteiger partial charge in [0.05, 0.1) is 33.5 Å². The lowest BCUT2D eigenvalue weighted by Gasteiger charge is -2.63. The van der Waals surface area contributed by atoms with Crippen molar-refractivity contribution in [2.75, 3.05) is 66.0 Å². The monoisotopic (exact) mass is 810 g/mol. The van der Waals surface area contributed by atoms with Crippen LogP contribution < -0.4 is 9.64 Å². The number of benzene rings is 2. The maximum atomic E-state index is 15.3. The van der Waals surface area contributed by atoms with E-state index in [2.05, 4.69) is 39.9 Å². The van der Waals surface area contributed by atoms with E-state index in [4.69, 9.17) is 18.9 Å². The summed E-state index contributed by atoms with van der Waals surface area (Å²) in [4.78, 5) is 53.2. The number of esters is 3. The lowest BCUT2D eigenvalue weighted by atomic mass is 9.47. The number of fused-ring (bicyclic) bond motifs is 6. The van der Waals surface area contributed by atoms with Gasteiger partial charge in [-0.15, -0.1) is 0 Å². The first kappa shape index (κ1) is 40.0. The van der Waals surface area contributed by atoms with Gasteiger partial charge in [0.2, 0.25) is 5.60 Å².